The minimum absolute atomic E-state index is 0.0406. The maximum absolute atomic E-state index is 13.3. The highest BCUT2D eigenvalue weighted by molar-refractivity contribution is 6.07. The number of nitrogens with zero attached hydrogens (tertiary/aromatic N) is 2. The van der Waals surface area contributed by atoms with Crippen LogP contribution in [0.3, 0.4) is 0 Å². The molecular weight excluding hydrogens is 411 g/mol. The quantitative estimate of drug-likeness (QED) is 0.750. The molecule has 4 rings (SSSR count). The summed E-state index contributed by atoms with van der Waals surface area (Å²) >= 11 is 0. The van der Waals surface area contributed by atoms with Crippen LogP contribution in [0.25, 0.3) is 11.0 Å². The Kier molecular flexibility index (Phi) is 5.60. The molecule has 2 N–H and O–H groups in total. The fraction of sp³-hybridized carbons (Fsp3) is 0.545. The van der Waals surface area contributed by atoms with Crippen LogP contribution in [-0.2, 0) is 6.18 Å². The highest BCUT2D eigenvalue weighted by atomic mass is 19.4. The molecule has 1 aromatic carbocycles. The van der Waals surface area contributed by atoms with Gasteiger partial charge in [0.2, 0.25) is 5.76 Å². The van der Waals surface area contributed by atoms with Gasteiger partial charge in [0, 0.05) is 25.0 Å². The van der Waals surface area contributed by atoms with E-state index in [4.69, 9.17) is 9.68 Å². The van der Waals surface area contributed by atoms with Crippen molar-refractivity contribution in [2.24, 2.45) is 5.92 Å². The van der Waals surface area contributed by atoms with Gasteiger partial charge in [-0.25, -0.2) is 0 Å². The number of furan rings is 1. The Hall–Kier alpha value is -2.73. The second-order valence-electron chi connectivity index (χ2n) is 8.52. The van der Waals surface area contributed by atoms with Crippen molar-refractivity contribution in [3.63, 3.8) is 0 Å². The van der Waals surface area contributed by atoms with E-state index in [1.54, 1.807) is 0 Å². The summed E-state index contributed by atoms with van der Waals surface area (Å²) in [5.74, 6) is -0.0430. The molecule has 166 valence electrons. The van der Waals surface area contributed by atoms with Crippen LogP contribution in [0.1, 0.15) is 54.6 Å². The number of carbonyl (C=O) groups excluding carboxylic acids is 1. The van der Waals surface area contributed by atoms with Gasteiger partial charge in [-0.15, -0.1) is 0 Å². The Balaban J connectivity index is 1.57. The van der Waals surface area contributed by atoms with E-state index in [9.17, 15) is 23.1 Å². The Morgan fingerprint density at radius 2 is 2.06 bits per heavy atom. The molecule has 0 saturated heterocycles. The normalized spacial score (nSPS) is 24.4. The third-order valence-corrected chi connectivity index (χ3v) is 6.43. The van der Waals surface area contributed by atoms with Gasteiger partial charge in [-0.1, -0.05) is 0 Å². The predicted molar refractivity (Wildman–Crippen MR) is 108 cm³/mol. The van der Waals surface area contributed by atoms with Crippen molar-refractivity contribution >= 4 is 22.6 Å². The van der Waals surface area contributed by atoms with Gasteiger partial charge in [0.15, 0.2) is 0 Å². The number of nitriles is 1. The number of anilines is 1. The van der Waals surface area contributed by atoms with E-state index in [2.05, 4.69) is 5.32 Å². The highest BCUT2D eigenvalue weighted by Crippen LogP contribution is 2.40. The number of fused-ring (bicyclic) bond motifs is 3. The van der Waals surface area contributed by atoms with E-state index in [1.165, 1.54) is 6.07 Å². The second kappa shape index (κ2) is 8.08. The molecule has 31 heavy (non-hydrogen) atoms. The number of amides is 1. The molecule has 0 spiro atoms. The Morgan fingerprint density at radius 1 is 1.32 bits per heavy atom. The summed E-state index contributed by atoms with van der Waals surface area (Å²) in [5.41, 5.74) is -1.03. The first-order chi connectivity index (χ1) is 14.7. The van der Waals surface area contributed by atoms with Crippen LogP contribution >= 0.6 is 0 Å². The Morgan fingerprint density at radius 3 is 2.74 bits per heavy atom. The minimum atomic E-state index is -4.49. The molecule has 2 aromatic rings. The molecular formula is C22H24F3N3O3. The van der Waals surface area contributed by atoms with Gasteiger partial charge >= 0.3 is 6.18 Å². The van der Waals surface area contributed by atoms with Crippen LogP contribution < -0.4 is 10.2 Å². The van der Waals surface area contributed by atoms with Crippen molar-refractivity contribution in [3.05, 3.63) is 29.5 Å². The third kappa shape index (κ3) is 4.35. The molecule has 1 aromatic heterocycles. The van der Waals surface area contributed by atoms with Gasteiger partial charge in [-0.05, 0) is 56.2 Å². The summed E-state index contributed by atoms with van der Waals surface area (Å²) < 4.78 is 45.4. The van der Waals surface area contributed by atoms with Crippen molar-refractivity contribution in [1.82, 2.24) is 5.32 Å². The van der Waals surface area contributed by atoms with Gasteiger partial charge in [0.1, 0.15) is 5.58 Å². The zero-order valence-corrected chi connectivity index (χ0v) is 17.0. The number of aliphatic hydroxyl groups is 1. The topological polar surface area (TPSA) is 89.5 Å². The number of benzene rings is 1. The van der Waals surface area contributed by atoms with Crippen molar-refractivity contribution < 1.29 is 27.5 Å². The molecule has 0 radical (unpaired) electrons. The number of nitrogens with one attached hydrogen (secondary N) is 1. The summed E-state index contributed by atoms with van der Waals surface area (Å²) in [6, 6.07) is 5.30. The molecule has 1 fully saturated rings. The number of carbonyl (C=O) groups is 1. The maximum atomic E-state index is 13.3. The Bertz CT molecular complexity index is 1020. The average molecular weight is 435 g/mol. The summed E-state index contributed by atoms with van der Waals surface area (Å²) in [7, 11) is 0. The van der Waals surface area contributed by atoms with E-state index >= 15 is 0 Å². The molecule has 1 saturated carbocycles. The molecule has 9 heteroatoms. The van der Waals surface area contributed by atoms with Crippen LogP contribution in [0.2, 0.25) is 0 Å². The molecule has 2 aliphatic rings. The molecule has 1 aliphatic carbocycles. The lowest BCUT2D eigenvalue weighted by atomic mass is 9.76. The first-order valence-electron chi connectivity index (χ1n) is 10.5. The highest BCUT2D eigenvalue weighted by Gasteiger charge is 2.35. The third-order valence-electron chi connectivity index (χ3n) is 6.43. The van der Waals surface area contributed by atoms with Gasteiger partial charge in [-0.3, -0.25) is 4.79 Å². The molecule has 6 nitrogen and oxygen atoms in total. The van der Waals surface area contributed by atoms with E-state index in [-0.39, 0.29) is 23.2 Å². The summed E-state index contributed by atoms with van der Waals surface area (Å²) in [5, 5.41) is 22.3. The first kappa shape index (κ1) is 21.5. The minimum Gasteiger partial charge on any atom is -0.449 e. The van der Waals surface area contributed by atoms with Crippen LogP contribution in [0.15, 0.2) is 22.6 Å². The van der Waals surface area contributed by atoms with Gasteiger partial charge in [-0.2, -0.15) is 18.4 Å². The summed E-state index contributed by atoms with van der Waals surface area (Å²) in [6.45, 7) is 1.40. The number of hydrogen-bond acceptors (Lipinski definition) is 5. The van der Waals surface area contributed by atoms with Gasteiger partial charge in [0.25, 0.3) is 5.91 Å². The zero-order chi connectivity index (χ0) is 22.2. The molecule has 2 heterocycles. The average Bonchev–Trinajstić information content (AvgIpc) is 3.02. The Labute approximate surface area is 177 Å². The second-order valence-corrected chi connectivity index (χ2v) is 8.52. The van der Waals surface area contributed by atoms with E-state index in [0.29, 0.717) is 44.1 Å². The first-order valence-corrected chi connectivity index (χ1v) is 10.5. The standard InChI is InChI=1S/C22H24F3N3O3/c23-22(24,25)15-1-2-17-16(13-15)18-19(31-17)20(29)27-10-12-28(18)11-5-14-3-6-21(30,7-4-14)8-9-26/h1-2,13-14,30H,3-8,10-12H2,(H,27,29). The number of halogens is 3. The van der Waals surface area contributed by atoms with Crippen LogP contribution in [0.4, 0.5) is 18.9 Å². The predicted octanol–water partition coefficient (Wildman–Crippen LogP) is 4.23. The van der Waals surface area contributed by atoms with Crippen molar-refractivity contribution in [2.75, 3.05) is 24.5 Å². The molecule has 1 amide bonds. The van der Waals surface area contributed by atoms with Crippen LogP contribution in [0.5, 0.6) is 0 Å². The summed E-state index contributed by atoms with van der Waals surface area (Å²) in [6.07, 6.45) is -0.854. The number of rotatable bonds is 4. The fourth-order valence-corrected chi connectivity index (χ4v) is 4.61. The smallest absolute Gasteiger partial charge is 0.416 e. The maximum Gasteiger partial charge on any atom is 0.416 e. The monoisotopic (exact) mass is 435 g/mol. The largest absolute Gasteiger partial charge is 0.449 e. The SMILES string of the molecule is N#CCC1(O)CCC(CCN2CCNC(=O)c3oc4ccc(C(F)(F)F)cc4c32)CC1. The van der Waals surface area contributed by atoms with Crippen LogP contribution in [-0.4, -0.2) is 36.2 Å². The van der Waals surface area contributed by atoms with Crippen molar-refractivity contribution in [2.45, 2.75) is 50.3 Å². The lowest BCUT2D eigenvalue weighted by molar-refractivity contribution is -0.137. The lowest BCUT2D eigenvalue weighted by Crippen LogP contribution is -2.35. The molecule has 0 atom stereocenters. The molecule has 0 unspecified atom stereocenters. The van der Waals surface area contributed by atoms with Gasteiger partial charge in [0.05, 0.1) is 29.3 Å². The molecule has 1 aliphatic heterocycles. The van der Waals surface area contributed by atoms with E-state index in [0.717, 1.165) is 31.4 Å². The van der Waals surface area contributed by atoms with Crippen molar-refractivity contribution in [3.8, 4) is 6.07 Å². The van der Waals surface area contributed by atoms with Crippen molar-refractivity contribution in [1.29, 1.82) is 5.26 Å². The fourth-order valence-electron chi connectivity index (χ4n) is 4.61. The number of hydrogen-bond donors (Lipinski definition) is 2. The summed E-state index contributed by atoms with van der Waals surface area (Å²) in [4.78, 5) is 14.4. The van der Waals surface area contributed by atoms with Crippen LogP contribution in [0, 0.1) is 17.2 Å². The van der Waals surface area contributed by atoms with E-state index in [1.807, 2.05) is 11.0 Å². The van der Waals surface area contributed by atoms with E-state index < -0.39 is 23.2 Å². The molecule has 0 bridgehead atoms. The van der Waals surface area contributed by atoms with Gasteiger partial charge < -0.3 is 19.7 Å². The number of alkyl halides is 3. The lowest BCUT2D eigenvalue weighted by Gasteiger charge is -2.35. The zero-order valence-electron chi connectivity index (χ0n) is 17.0.